The summed E-state index contributed by atoms with van der Waals surface area (Å²) in [5, 5.41) is 19.6. The number of alkyl halides is 3. The molecule has 1 N–H and O–H groups in total. The SMILES string of the molecule is C[C@@]12O[C@]3(CCCO[C@@H]4C3C1C(=O)N4c1ccc(C#N)c(C(F)(F)F)c1)C[C@@H]2O. The zero-order valence-corrected chi connectivity index (χ0v) is 15.6. The number of carbonyl (C=O) groups is 1. The molecular formula is C20H19F3N2O4. The lowest BCUT2D eigenvalue weighted by molar-refractivity contribution is -0.138. The molecule has 1 aromatic rings. The summed E-state index contributed by atoms with van der Waals surface area (Å²) in [6.45, 7) is 2.04. The van der Waals surface area contributed by atoms with Crippen LogP contribution >= 0.6 is 0 Å². The number of anilines is 1. The molecule has 154 valence electrons. The van der Waals surface area contributed by atoms with Crippen LogP contribution in [0.25, 0.3) is 0 Å². The number of hydrogen-bond donors (Lipinski definition) is 1. The van der Waals surface area contributed by atoms with Gasteiger partial charge in [-0.1, -0.05) is 0 Å². The second-order valence-corrected chi connectivity index (χ2v) is 8.49. The van der Waals surface area contributed by atoms with Gasteiger partial charge in [0.1, 0.15) is 11.8 Å². The fourth-order valence-electron chi connectivity index (χ4n) is 5.83. The van der Waals surface area contributed by atoms with Crippen molar-refractivity contribution in [1.82, 2.24) is 0 Å². The van der Waals surface area contributed by atoms with E-state index in [2.05, 4.69) is 0 Å². The predicted molar refractivity (Wildman–Crippen MR) is 92.4 cm³/mol. The second-order valence-electron chi connectivity index (χ2n) is 8.49. The Morgan fingerprint density at radius 2 is 2.14 bits per heavy atom. The molecule has 4 saturated heterocycles. The summed E-state index contributed by atoms with van der Waals surface area (Å²) in [4.78, 5) is 14.7. The average Bonchev–Trinajstić information content (AvgIpc) is 3.14. The fourth-order valence-corrected chi connectivity index (χ4v) is 5.83. The monoisotopic (exact) mass is 408 g/mol. The molecule has 4 heterocycles. The van der Waals surface area contributed by atoms with Gasteiger partial charge in [0.05, 0.1) is 34.8 Å². The van der Waals surface area contributed by atoms with E-state index in [-0.39, 0.29) is 11.6 Å². The van der Waals surface area contributed by atoms with Gasteiger partial charge in [0.15, 0.2) is 0 Å². The molecule has 1 aromatic carbocycles. The first-order valence-electron chi connectivity index (χ1n) is 9.57. The molecule has 4 aliphatic heterocycles. The molecule has 4 fully saturated rings. The Morgan fingerprint density at radius 3 is 2.83 bits per heavy atom. The summed E-state index contributed by atoms with van der Waals surface area (Å²) in [5.41, 5.74) is -3.36. The maximum atomic E-state index is 13.5. The van der Waals surface area contributed by atoms with Crippen LogP contribution in [0.2, 0.25) is 0 Å². The van der Waals surface area contributed by atoms with Crippen LogP contribution in [0.1, 0.15) is 37.3 Å². The van der Waals surface area contributed by atoms with Crippen molar-refractivity contribution in [3.63, 3.8) is 0 Å². The number of fused-ring (bicyclic) bond motifs is 2. The van der Waals surface area contributed by atoms with Crippen LogP contribution < -0.4 is 4.90 Å². The quantitative estimate of drug-likeness (QED) is 0.773. The van der Waals surface area contributed by atoms with Gasteiger partial charge in [-0.25, -0.2) is 0 Å². The highest BCUT2D eigenvalue weighted by Crippen LogP contribution is 2.64. The topological polar surface area (TPSA) is 82.8 Å². The van der Waals surface area contributed by atoms with Gasteiger partial charge in [-0.15, -0.1) is 0 Å². The maximum absolute atomic E-state index is 13.5. The second kappa shape index (κ2) is 5.72. The Hall–Kier alpha value is -2.15. The number of aliphatic hydroxyl groups excluding tert-OH is 1. The molecule has 2 bridgehead atoms. The van der Waals surface area contributed by atoms with E-state index in [0.29, 0.717) is 25.9 Å². The number of nitriles is 1. The number of rotatable bonds is 1. The van der Waals surface area contributed by atoms with Crippen LogP contribution in [0, 0.1) is 23.2 Å². The smallest absolute Gasteiger partial charge is 0.390 e. The third-order valence-corrected chi connectivity index (χ3v) is 7.01. The van der Waals surface area contributed by atoms with E-state index in [4.69, 9.17) is 14.7 Å². The highest BCUT2D eigenvalue weighted by atomic mass is 19.4. The molecule has 29 heavy (non-hydrogen) atoms. The van der Waals surface area contributed by atoms with E-state index in [1.54, 1.807) is 13.0 Å². The number of hydrogen-bond acceptors (Lipinski definition) is 5. The summed E-state index contributed by atoms with van der Waals surface area (Å²) in [6, 6.07) is 4.80. The van der Waals surface area contributed by atoms with Gasteiger partial charge in [0.25, 0.3) is 0 Å². The molecule has 2 unspecified atom stereocenters. The summed E-state index contributed by atoms with van der Waals surface area (Å²) >= 11 is 0. The Bertz CT molecular complexity index is 945. The lowest BCUT2D eigenvalue weighted by Crippen LogP contribution is -2.49. The molecule has 1 amide bonds. The van der Waals surface area contributed by atoms with Crippen molar-refractivity contribution >= 4 is 11.6 Å². The molecular weight excluding hydrogens is 389 g/mol. The summed E-state index contributed by atoms with van der Waals surface area (Å²) < 4.78 is 52.6. The molecule has 0 aliphatic carbocycles. The molecule has 1 spiro atoms. The standard InChI is InChI=1S/C20H19F3N2O4/c1-18-13(26)8-19(29-18)5-2-6-28-17-15(19)14(18)16(27)25(17)11-4-3-10(9-24)12(7-11)20(21,22)23/h3-4,7,13-15,17,26H,2,5-6,8H2,1H3/t13-,14?,15?,17+,18-,19+/m0/s1. The largest absolute Gasteiger partial charge is 0.417 e. The molecule has 4 aliphatic rings. The number of nitrogens with zero attached hydrogens (tertiary/aromatic N) is 2. The summed E-state index contributed by atoms with van der Waals surface area (Å²) in [7, 11) is 0. The molecule has 0 radical (unpaired) electrons. The van der Waals surface area contributed by atoms with E-state index in [0.717, 1.165) is 12.1 Å². The Morgan fingerprint density at radius 1 is 1.38 bits per heavy atom. The lowest BCUT2D eigenvalue weighted by atomic mass is 9.65. The van der Waals surface area contributed by atoms with Crippen LogP contribution in [0.4, 0.5) is 18.9 Å². The van der Waals surface area contributed by atoms with Gasteiger partial charge >= 0.3 is 6.18 Å². The number of ether oxygens (including phenoxy) is 2. The highest BCUT2D eigenvalue weighted by Gasteiger charge is 2.77. The Kier molecular flexibility index (Phi) is 3.72. The number of aliphatic hydroxyl groups is 1. The zero-order chi connectivity index (χ0) is 20.8. The van der Waals surface area contributed by atoms with E-state index in [1.165, 1.54) is 11.0 Å². The van der Waals surface area contributed by atoms with Gasteiger partial charge in [-0.3, -0.25) is 9.69 Å². The summed E-state index contributed by atoms with van der Waals surface area (Å²) in [5.74, 6) is -1.47. The lowest BCUT2D eigenvalue weighted by Gasteiger charge is -2.35. The summed E-state index contributed by atoms with van der Waals surface area (Å²) in [6.07, 6.45) is -4.63. The number of benzene rings is 1. The molecule has 0 saturated carbocycles. The maximum Gasteiger partial charge on any atom is 0.417 e. The minimum absolute atomic E-state index is 0.0373. The predicted octanol–water partition coefficient (Wildman–Crippen LogP) is 2.58. The Balaban J connectivity index is 1.64. The number of amides is 1. The first-order valence-corrected chi connectivity index (χ1v) is 9.57. The van der Waals surface area contributed by atoms with Gasteiger partial charge in [0.2, 0.25) is 5.91 Å². The minimum atomic E-state index is -4.73. The Labute approximate surface area is 164 Å². The van der Waals surface area contributed by atoms with Crippen molar-refractivity contribution in [2.75, 3.05) is 11.5 Å². The molecule has 6 atom stereocenters. The normalized spacial score (nSPS) is 40.7. The van der Waals surface area contributed by atoms with E-state index >= 15 is 0 Å². The number of halogens is 3. The van der Waals surface area contributed by atoms with Gasteiger partial charge in [-0.05, 0) is 38.0 Å². The van der Waals surface area contributed by atoms with Crippen molar-refractivity contribution < 1.29 is 32.5 Å². The van der Waals surface area contributed by atoms with Crippen molar-refractivity contribution in [1.29, 1.82) is 5.26 Å². The third-order valence-electron chi connectivity index (χ3n) is 7.01. The van der Waals surface area contributed by atoms with Gasteiger partial charge in [0, 0.05) is 24.6 Å². The fraction of sp³-hybridized carbons (Fsp3) is 0.600. The molecule has 6 nitrogen and oxygen atoms in total. The van der Waals surface area contributed by atoms with Crippen LogP contribution in [-0.4, -0.2) is 41.2 Å². The first kappa shape index (κ1) is 18.9. The van der Waals surface area contributed by atoms with Crippen LogP contribution in [0.15, 0.2) is 18.2 Å². The highest BCUT2D eigenvalue weighted by molar-refractivity contribution is 6.00. The first-order chi connectivity index (χ1) is 13.6. The molecule has 5 rings (SSSR count). The van der Waals surface area contributed by atoms with Crippen LogP contribution in [-0.2, 0) is 20.4 Å². The van der Waals surface area contributed by atoms with Gasteiger partial charge in [-0.2, -0.15) is 18.4 Å². The average molecular weight is 408 g/mol. The molecule has 9 heteroatoms. The van der Waals surface area contributed by atoms with Crippen LogP contribution in [0.3, 0.4) is 0 Å². The van der Waals surface area contributed by atoms with Crippen molar-refractivity contribution in [2.45, 2.75) is 55.9 Å². The zero-order valence-electron chi connectivity index (χ0n) is 15.6. The molecule has 0 aromatic heterocycles. The third kappa shape index (κ3) is 2.31. The van der Waals surface area contributed by atoms with E-state index in [1.807, 2.05) is 0 Å². The van der Waals surface area contributed by atoms with Gasteiger partial charge < -0.3 is 14.6 Å². The van der Waals surface area contributed by atoms with Crippen LogP contribution in [0.5, 0.6) is 0 Å². The van der Waals surface area contributed by atoms with Crippen molar-refractivity contribution in [2.24, 2.45) is 11.8 Å². The van der Waals surface area contributed by atoms with E-state index < -0.39 is 52.7 Å². The van der Waals surface area contributed by atoms with Crippen molar-refractivity contribution in [3.8, 4) is 6.07 Å². The number of carbonyl (C=O) groups excluding carboxylic acids is 1. The minimum Gasteiger partial charge on any atom is -0.390 e. The van der Waals surface area contributed by atoms with Crippen molar-refractivity contribution in [3.05, 3.63) is 29.3 Å². The van der Waals surface area contributed by atoms with E-state index in [9.17, 15) is 23.1 Å².